The highest BCUT2D eigenvalue weighted by molar-refractivity contribution is 7.14. The molecule has 7 heteroatoms. The van der Waals surface area contributed by atoms with Gasteiger partial charge in [-0.15, -0.1) is 11.3 Å². The predicted molar refractivity (Wildman–Crippen MR) is 85.4 cm³/mol. The van der Waals surface area contributed by atoms with Crippen molar-refractivity contribution in [1.29, 1.82) is 0 Å². The van der Waals surface area contributed by atoms with Crippen molar-refractivity contribution in [3.63, 3.8) is 0 Å². The Morgan fingerprint density at radius 1 is 1.27 bits per heavy atom. The lowest BCUT2D eigenvalue weighted by Gasteiger charge is -2.11. The Balaban J connectivity index is 1.48. The third kappa shape index (κ3) is 3.37. The van der Waals surface area contributed by atoms with Crippen LogP contribution in [0.5, 0.6) is 0 Å². The van der Waals surface area contributed by atoms with Crippen LogP contribution in [0.2, 0.25) is 0 Å². The van der Waals surface area contributed by atoms with Crippen LogP contribution in [0.25, 0.3) is 0 Å². The fourth-order valence-electron chi connectivity index (χ4n) is 2.13. The van der Waals surface area contributed by atoms with Crippen LogP contribution in [0.15, 0.2) is 47.8 Å². The number of rotatable bonds is 4. The summed E-state index contributed by atoms with van der Waals surface area (Å²) in [6.07, 6.45) is -0.728. The van der Waals surface area contributed by atoms with Gasteiger partial charge in [-0.05, 0) is 29.6 Å². The van der Waals surface area contributed by atoms with Crippen LogP contribution in [-0.2, 0) is 4.74 Å². The molecule has 1 aliphatic heterocycles. The number of amides is 3. The van der Waals surface area contributed by atoms with E-state index in [0.29, 0.717) is 12.2 Å². The van der Waals surface area contributed by atoms with Crippen molar-refractivity contribution in [2.75, 3.05) is 23.3 Å². The first-order valence-electron chi connectivity index (χ1n) is 6.84. The highest BCUT2D eigenvalue weighted by Gasteiger charge is 2.32. The molecule has 0 bridgehead atoms. The van der Waals surface area contributed by atoms with Crippen LogP contribution in [0.3, 0.4) is 0 Å². The molecule has 3 amide bonds. The summed E-state index contributed by atoms with van der Waals surface area (Å²) in [6, 6.07) is 12.6. The second-order valence-electron chi connectivity index (χ2n) is 4.77. The summed E-state index contributed by atoms with van der Waals surface area (Å²) in [6.45, 7) is 0.706. The van der Waals surface area contributed by atoms with Gasteiger partial charge in [-0.3, -0.25) is 4.90 Å². The molecule has 6 nitrogen and oxygen atoms in total. The first-order valence-corrected chi connectivity index (χ1v) is 7.72. The van der Waals surface area contributed by atoms with E-state index in [1.54, 1.807) is 17.0 Å². The Morgan fingerprint density at radius 3 is 2.82 bits per heavy atom. The van der Waals surface area contributed by atoms with E-state index in [1.807, 2.05) is 35.7 Å². The summed E-state index contributed by atoms with van der Waals surface area (Å²) in [5.74, 6) is 0. The van der Waals surface area contributed by atoms with Crippen molar-refractivity contribution in [2.24, 2.45) is 0 Å². The summed E-state index contributed by atoms with van der Waals surface area (Å²) in [5, 5.41) is 8.18. The van der Waals surface area contributed by atoms with Gasteiger partial charge in [-0.25, -0.2) is 9.59 Å². The number of urea groups is 1. The molecule has 0 saturated carbocycles. The quantitative estimate of drug-likeness (QED) is 0.911. The van der Waals surface area contributed by atoms with Gasteiger partial charge in [-0.1, -0.05) is 18.2 Å². The van der Waals surface area contributed by atoms with Gasteiger partial charge in [0.2, 0.25) is 0 Å². The standard InChI is InChI=1S/C15H15N3O3S/c19-14(17-11-5-2-1-3-6-11)16-9-12-10-18(15(20)21-12)13-7-4-8-22-13/h1-8,12H,9-10H2,(H2,16,17,19). The SMILES string of the molecule is O=C(NCC1CN(c2cccs2)C(=O)O1)Nc1ccccc1. The fourth-order valence-corrected chi connectivity index (χ4v) is 2.86. The van der Waals surface area contributed by atoms with Crippen molar-refractivity contribution in [3.8, 4) is 0 Å². The van der Waals surface area contributed by atoms with E-state index >= 15 is 0 Å². The van der Waals surface area contributed by atoms with E-state index in [0.717, 1.165) is 5.00 Å². The van der Waals surface area contributed by atoms with Gasteiger partial charge in [0.15, 0.2) is 0 Å². The monoisotopic (exact) mass is 317 g/mol. The second kappa shape index (κ2) is 6.48. The first kappa shape index (κ1) is 14.4. The number of carbonyl (C=O) groups is 2. The summed E-state index contributed by atoms with van der Waals surface area (Å²) in [5.41, 5.74) is 0.712. The van der Waals surface area contributed by atoms with Crippen LogP contribution in [-0.4, -0.2) is 31.3 Å². The summed E-state index contributed by atoms with van der Waals surface area (Å²) in [4.78, 5) is 25.2. The Morgan fingerprint density at radius 2 is 2.09 bits per heavy atom. The van der Waals surface area contributed by atoms with Crippen LogP contribution < -0.4 is 15.5 Å². The van der Waals surface area contributed by atoms with E-state index in [4.69, 9.17) is 4.74 Å². The molecule has 2 heterocycles. The summed E-state index contributed by atoms with van der Waals surface area (Å²) in [7, 11) is 0. The predicted octanol–water partition coefficient (Wildman–Crippen LogP) is 2.90. The number of benzene rings is 1. The van der Waals surface area contributed by atoms with Crippen LogP contribution >= 0.6 is 11.3 Å². The van der Waals surface area contributed by atoms with E-state index in [1.165, 1.54) is 11.3 Å². The van der Waals surface area contributed by atoms with Gasteiger partial charge in [0, 0.05) is 5.69 Å². The topological polar surface area (TPSA) is 70.7 Å². The molecule has 1 unspecified atom stereocenters. The van der Waals surface area contributed by atoms with E-state index < -0.39 is 0 Å². The average molecular weight is 317 g/mol. The Kier molecular flexibility index (Phi) is 4.24. The minimum atomic E-state index is -0.377. The van der Waals surface area contributed by atoms with Gasteiger partial charge in [0.1, 0.15) is 11.1 Å². The van der Waals surface area contributed by atoms with Crippen LogP contribution in [0, 0.1) is 0 Å². The molecule has 0 radical (unpaired) electrons. The van der Waals surface area contributed by atoms with Crippen molar-refractivity contribution in [2.45, 2.75) is 6.10 Å². The number of nitrogens with zero attached hydrogens (tertiary/aromatic N) is 1. The molecule has 0 aliphatic carbocycles. The van der Waals surface area contributed by atoms with E-state index in [-0.39, 0.29) is 24.8 Å². The van der Waals surface area contributed by atoms with E-state index in [2.05, 4.69) is 10.6 Å². The highest BCUT2D eigenvalue weighted by atomic mass is 32.1. The lowest BCUT2D eigenvalue weighted by atomic mass is 10.3. The molecule has 1 aliphatic rings. The highest BCUT2D eigenvalue weighted by Crippen LogP contribution is 2.26. The first-order chi connectivity index (χ1) is 10.7. The van der Waals surface area contributed by atoms with Gasteiger partial charge in [0.25, 0.3) is 0 Å². The number of hydrogen-bond donors (Lipinski definition) is 2. The van der Waals surface area contributed by atoms with Gasteiger partial charge in [0.05, 0.1) is 13.1 Å². The molecule has 1 aromatic carbocycles. The van der Waals surface area contributed by atoms with Gasteiger partial charge < -0.3 is 15.4 Å². The zero-order valence-electron chi connectivity index (χ0n) is 11.7. The third-order valence-corrected chi connectivity index (χ3v) is 4.06. The van der Waals surface area contributed by atoms with Crippen molar-refractivity contribution >= 4 is 34.1 Å². The van der Waals surface area contributed by atoms with Gasteiger partial charge >= 0.3 is 12.1 Å². The minimum Gasteiger partial charge on any atom is -0.442 e. The summed E-state index contributed by atoms with van der Waals surface area (Å²) < 4.78 is 5.25. The number of carbonyl (C=O) groups excluding carboxylic acids is 2. The Bertz CT molecular complexity index is 645. The molecular weight excluding hydrogens is 302 g/mol. The van der Waals surface area contributed by atoms with Crippen LogP contribution in [0.1, 0.15) is 0 Å². The van der Waals surface area contributed by atoms with Crippen LogP contribution in [0.4, 0.5) is 20.3 Å². The number of anilines is 2. The number of para-hydroxylation sites is 1. The van der Waals surface area contributed by atoms with Crippen molar-refractivity contribution < 1.29 is 14.3 Å². The second-order valence-corrected chi connectivity index (χ2v) is 5.69. The zero-order valence-corrected chi connectivity index (χ0v) is 12.5. The lowest BCUT2D eigenvalue weighted by molar-refractivity contribution is 0.141. The molecule has 1 atom stereocenters. The Labute approximate surface area is 131 Å². The molecule has 2 N–H and O–H groups in total. The maximum atomic E-state index is 11.8. The molecule has 1 aromatic heterocycles. The minimum absolute atomic E-state index is 0.270. The lowest BCUT2D eigenvalue weighted by Crippen LogP contribution is -2.37. The summed E-state index contributed by atoms with van der Waals surface area (Å²) >= 11 is 1.48. The van der Waals surface area contributed by atoms with Crippen molar-refractivity contribution in [1.82, 2.24) is 5.32 Å². The molecule has 3 rings (SSSR count). The number of nitrogens with one attached hydrogen (secondary N) is 2. The van der Waals surface area contributed by atoms with Crippen molar-refractivity contribution in [3.05, 3.63) is 47.8 Å². The zero-order chi connectivity index (χ0) is 15.4. The number of cyclic esters (lactones) is 1. The molecule has 114 valence electrons. The molecule has 1 saturated heterocycles. The fraction of sp³-hybridized carbons (Fsp3) is 0.200. The Hall–Kier alpha value is -2.54. The van der Waals surface area contributed by atoms with E-state index in [9.17, 15) is 9.59 Å². The van der Waals surface area contributed by atoms with Gasteiger partial charge in [-0.2, -0.15) is 0 Å². The molecule has 22 heavy (non-hydrogen) atoms. The maximum Gasteiger partial charge on any atom is 0.415 e. The normalized spacial score (nSPS) is 17.2. The average Bonchev–Trinajstić information content (AvgIpc) is 3.15. The molecule has 2 aromatic rings. The largest absolute Gasteiger partial charge is 0.442 e. The molecule has 1 fully saturated rings. The number of ether oxygens (including phenoxy) is 1. The number of thiophene rings is 1. The smallest absolute Gasteiger partial charge is 0.415 e. The maximum absolute atomic E-state index is 11.8. The third-order valence-electron chi connectivity index (χ3n) is 3.17. The molecule has 0 spiro atoms. The number of hydrogen-bond acceptors (Lipinski definition) is 4. The molecular formula is C15H15N3O3S.